The van der Waals surface area contributed by atoms with E-state index in [1.807, 2.05) is 25.1 Å². The van der Waals surface area contributed by atoms with E-state index in [1.54, 1.807) is 23.5 Å². The molecule has 1 atom stereocenters. The summed E-state index contributed by atoms with van der Waals surface area (Å²) in [6.07, 6.45) is 0.711. The van der Waals surface area contributed by atoms with E-state index in [0.29, 0.717) is 18.5 Å². The minimum absolute atomic E-state index is 0.132. The van der Waals surface area contributed by atoms with E-state index < -0.39 is 0 Å². The van der Waals surface area contributed by atoms with Gasteiger partial charge in [-0.3, -0.25) is 10.1 Å². The Morgan fingerprint density at radius 2 is 2.10 bits per heavy atom. The molecule has 112 valence electrons. The maximum Gasteiger partial charge on any atom is 0.278 e. The van der Waals surface area contributed by atoms with Crippen LogP contribution >= 0.6 is 11.3 Å². The van der Waals surface area contributed by atoms with Gasteiger partial charge in [0.05, 0.1) is 10.5 Å². The van der Waals surface area contributed by atoms with Crippen LogP contribution in [-0.2, 0) is 6.54 Å². The summed E-state index contributed by atoms with van der Waals surface area (Å²) >= 11 is 1.55. The van der Waals surface area contributed by atoms with Gasteiger partial charge in [-0.15, -0.1) is 11.3 Å². The lowest BCUT2D eigenvalue weighted by atomic mass is 10.1. The van der Waals surface area contributed by atoms with Crippen LogP contribution in [0.4, 0.5) is 5.69 Å². The van der Waals surface area contributed by atoms with Gasteiger partial charge in [-0.2, -0.15) is 0 Å². The molecule has 1 aromatic heterocycles. The molecule has 0 amide bonds. The molecule has 0 saturated heterocycles. The van der Waals surface area contributed by atoms with Crippen molar-refractivity contribution in [3.05, 3.63) is 51.4 Å². The fraction of sp³-hybridized carbons (Fsp3) is 0.333. The molecule has 1 unspecified atom stereocenters. The van der Waals surface area contributed by atoms with Crippen LogP contribution in [0.1, 0.15) is 18.2 Å². The number of benzene rings is 1. The van der Waals surface area contributed by atoms with Crippen molar-refractivity contribution in [2.24, 2.45) is 0 Å². The molecule has 21 heavy (non-hydrogen) atoms. The highest BCUT2D eigenvalue weighted by molar-refractivity contribution is 7.15. The van der Waals surface area contributed by atoms with Gasteiger partial charge in [0.25, 0.3) is 5.69 Å². The van der Waals surface area contributed by atoms with E-state index in [-0.39, 0.29) is 23.3 Å². The molecular formula is C15H18N2O3S. The summed E-state index contributed by atoms with van der Waals surface area (Å²) in [5, 5.41) is 23.2. The highest BCUT2D eigenvalue weighted by Crippen LogP contribution is 2.34. The van der Waals surface area contributed by atoms with Crippen molar-refractivity contribution in [3.63, 3.8) is 0 Å². The second-order valence-corrected chi connectivity index (χ2v) is 6.00. The first-order chi connectivity index (χ1) is 10.1. The lowest BCUT2D eigenvalue weighted by molar-refractivity contribution is -0.384. The number of rotatable bonds is 7. The average molecular weight is 306 g/mol. The normalized spacial score (nSPS) is 12.3. The van der Waals surface area contributed by atoms with Crippen LogP contribution in [0.5, 0.6) is 0 Å². The molecule has 0 radical (unpaired) electrons. The smallest absolute Gasteiger partial charge is 0.278 e. The van der Waals surface area contributed by atoms with E-state index in [4.69, 9.17) is 5.11 Å². The molecule has 1 aromatic carbocycles. The van der Waals surface area contributed by atoms with Gasteiger partial charge in [-0.25, -0.2) is 0 Å². The minimum atomic E-state index is -0.351. The predicted molar refractivity (Wildman–Crippen MR) is 84.4 cm³/mol. The monoisotopic (exact) mass is 306 g/mol. The molecule has 0 aliphatic carbocycles. The Kier molecular flexibility index (Phi) is 5.44. The molecule has 0 aliphatic heterocycles. The zero-order valence-corrected chi connectivity index (χ0v) is 12.6. The number of aliphatic hydroxyl groups is 1. The molecule has 0 spiro atoms. The van der Waals surface area contributed by atoms with Gasteiger partial charge in [-0.1, -0.05) is 12.1 Å². The van der Waals surface area contributed by atoms with Crippen molar-refractivity contribution >= 4 is 17.0 Å². The molecule has 5 nitrogen and oxygen atoms in total. The van der Waals surface area contributed by atoms with Crippen molar-refractivity contribution in [1.29, 1.82) is 0 Å². The fourth-order valence-corrected chi connectivity index (χ4v) is 3.02. The summed E-state index contributed by atoms with van der Waals surface area (Å²) in [5.41, 5.74) is 0.787. The highest BCUT2D eigenvalue weighted by Gasteiger charge is 2.15. The lowest BCUT2D eigenvalue weighted by Gasteiger charge is -2.10. The maximum atomic E-state index is 11.1. The molecule has 6 heteroatoms. The Labute approximate surface area is 127 Å². The van der Waals surface area contributed by atoms with Crippen LogP contribution in [0, 0.1) is 10.1 Å². The number of hydrogen-bond donors (Lipinski definition) is 2. The number of nitro groups is 1. The Morgan fingerprint density at radius 3 is 2.81 bits per heavy atom. The third-order valence-corrected chi connectivity index (χ3v) is 4.33. The molecule has 2 N–H and O–H groups in total. The number of aliphatic hydroxyl groups excluding tert-OH is 1. The SMILES string of the molecule is CC(CCO)NCc1ccc(-c2ccccc2[N+](=O)[O-])s1. The minimum Gasteiger partial charge on any atom is -0.396 e. The summed E-state index contributed by atoms with van der Waals surface area (Å²) in [6.45, 7) is 2.89. The van der Waals surface area contributed by atoms with Gasteiger partial charge in [0.2, 0.25) is 0 Å². The van der Waals surface area contributed by atoms with E-state index >= 15 is 0 Å². The number of para-hydroxylation sites is 1. The maximum absolute atomic E-state index is 11.1. The van der Waals surface area contributed by atoms with Crippen LogP contribution in [0.3, 0.4) is 0 Å². The van der Waals surface area contributed by atoms with Crippen LogP contribution in [0.2, 0.25) is 0 Å². The van der Waals surface area contributed by atoms with Crippen LogP contribution in [-0.4, -0.2) is 22.7 Å². The second kappa shape index (κ2) is 7.31. The quantitative estimate of drug-likeness (QED) is 0.608. The first-order valence-electron chi connectivity index (χ1n) is 6.78. The Hall–Kier alpha value is -1.76. The molecule has 0 aliphatic rings. The van der Waals surface area contributed by atoms with E-state index in [1.165, 1.54) is 6.07 Å². The standard InChI is InChI=1S/C15H18N2O3S/c1-11(8-9-18)16-10-12-6-7-15(21-12)13-4-2-3-5-14(13)17(19)20/h2-7,11,16,18H,8-10H2,1H3. The molecule has 0 saturated carbocycles. The van der Waals surface area contributed by atoms with E-state index in [9.17, 15) is 10.1 Å². The summed E-state index contributed by atoms with van der Waals surface area (Å²) < 4.78 is 0. The van der Waals surface area contributed by atoms with Crippen LogP contribution in [0.15, 0.2) is 36.4 Å². The lowest BCUT2D eigenvalue weighted by Crippen LogP contribution is -2.25. The number of nitrogens with one attached hydrogen (secondary N) is 1. The number of hydrogen-bond acceptors (Lipinski definition) is 5. The molecule has 0 fully saturated rings. The number of nitro benzene ring substituents is 1. The van der Waals surface area contributed by atoms with Crippen molar-refractivity contribution in [2.75, 3.05) is 6.61 Å². The largest absolute Gasteiger partial charge is 0.396 e. The molecule has 2 aromatic rings. The topological polar surface area (TPSA) is 75.4 Å². The van der Waals surface area contributed by atoms with E-state index in [2.05, 4.69) is 5.32 Å². The number of nitrogens with zero attached hydrogens (tertiary/aromatic N) is 1. The first-order valence-corrected chi connectivity index (χ1v) is 7.60. The van der Waals surface area contributed by atoms with Gasteiger partial charge in [0.1, 0.15) is 0 Å². The number of thiophene rings is 1. The fourth-order valence-electron chi connectivity index (χ4n) is 2.03. The third-order valence-electron chi connectivity index (χ3n) is 3.21. The van der Waals surface area contributed by atoms with Gasteiger partial charge in [0, 0.05) is 35.0 Å². The van der Waals surface area contributed by atoms with Gasteiger partial charge in [0.15, 0.2) is 0 Å². The van der Waals surface area contributed by atoms with Crippen molar-refractivity contribution in [1.82, 2.24) is 5.32 Å². The Balaban J connectivity index is 2.11. The first kappa shape index (κ1) is 15.6. The zero-order valence-electron chi connectivity index (χ0n) is 11.8. The van der Waals surface area contributed by atoms with E-state index in [0.717, 1.165) is 9.75 Å². The molecule has 0 bridgehead atoms. The molecule has 2 rings (SSSR count). The summed E-state index contributed by atoms with van der Waals surface area (Å²) in [4.78, 5) is 12.7. The van der Waals surface area contributed by atoms with Crippen LogP contribution in [0.25, 0.3) is 10.4 Å². The van der Waals surface area contributed by atoms with Crippen molar-refractivity contribution in [2.45, 2.75) is 25.9 Å². The average Bonchev–Trinajstić information content (AvgIpc) is 2.94. The van der Waals surface area contributed by atoms with Gasteiger partial charge < -0.3 is 10.4 Å². The second-order valence-electron chi connectivity index (χ2n) is 4.83. The summed E-state index contributed by atoms with van der Waals surface area (Å²) in [7, 11) is 0. The van der Waals surface area contributed by atoms with Gasteiger partial charge in [-0.05, 0) is 31.5 Å². The zero-order chi connectivity index (χ0) is 15.2. The summed E-state index contributed by atoms with van der Waals surface area (Å²) in [5.74, 6) is 0. The molecular weight excluding hydrogens is 288 g/mol. The van der Waals surface area contributed by atoms with Crippen molar-refractivity contribution in [3.8, 4) is 10.4 Å². The Bertz CT molecular complexity index is 612. The van der Waals surface area contributed by atoms with Gasteiger partial charge >= 0.3 is 0 Å². The Morgan fingerprint density at radius 1 is 1.33 bits per heavy atom. The predicted octanol–water partition coefficient (Wildman–Crippen LogP) is 3.18. The highest BCUT2D eigenvalue weighted by atomic mass is 32.1. The summed E-state index contributed by atoms with van der Waals surface area (Å²) in [6, 6.07) is 10.9. The third kappa shape index (κ3) is 4.10. The van der Waals surface area contributed by atoms with Crippen LogP contribution < -0.4 is 5.32 Å². The molecule has 1 heterocycles. The van der Waals surface area contributed by atoms with Crippen molar-refractivity contribution < 1.29 is 10.0 Å².